The predicted molar refractivity (Wildman–Crippen MR) is 88.6 cm³/mol. The summed E-state index contributed by atoms with van der Waals surface area (Å²) in [6.45, 7) is 1.12. The smallest absolute Gasteiger partial charge is 0.0704 e. The largest absolute Gasteiger partial charge is 0.309 e. The van der Waals surface area contributed by atoms with Crippen molar-refractivity contribution in [1.29, 1.82) is 0 Å². The summed E-state index contributed by atoms with van der Waals surface area (Å²) in [5, 5.41) is 3.82. The Labute approximate surface area is 132 Å². The minimum Gasteiger partial charge on any atom is -0.309 e. The molecule has 0 radical (unpaired) electrons. The van der Waals surface area contributed by atoms with Gasteiger partial charge in [0.05, 0.1) is 3.79 Å². The molecule has 0 spiro atoms. The zero-order valence-electron chi connectivity index (χ0n) is 11.4. The molecule has 1 aromatic carbocycles. The first-order chi connectivity index (χ1) is 9.81. The van der Waals surface area contributed by atoms with E-state index in [1.54, 1.807) is 21.6 Å². The molecule has 0 bridgehead atoms. The molecule has 1 heterocycles. The topological polar surface area (TPSA) is 12.0 Å². The molecule has 20 heavy (non-hydrogen) atoms. The van der Waals surface area contributed by atoms with Gasteiger partial charge in [0.2, 0.25) is 0 Å². The monoisotopic (exact) mass is 347 g/mol. The molecule has 2 aromatic rings. The van der Waals surface area contributed by atoms with Gasteiger partial charge in [0.1, 0.15) is 0 Å². The lowest BCUT2D eigenvalue weighted by molar-refractivity contribution is 0.428. The van der Waals surface area contributed by atoms with Crippen molar-refractivity contribution < 1.29 is 0 Å². The number of halogens is 1. The summed E-state index contributed by atoms with van der Waals surface area (Å²) in [6, 6.07) is 11.8. The van der Waals surface area contributed by atoms with Gasteiger partial charge >= 0.3 is 0 Å². The summed E-state index contributed by atoms with van der Waals surface area (Å²) in [4.78, 5) is 1.58. The van der Waals surface area contributed by atoms with E-state index in [4.69, 9.17) is 0 Å². The minimum atomic E-state index is 0.564. The lowest BCUT2D eigenvalue weighted by Gasteiger charge is -2.33. The molecule has 4 rings (SSSR count). The first-order valence-electron chi connectivity index (χ1n) is 7.40. The predicted octanol–water partition coefficient (Wildman–Crippen LogP) is 4.82. The minimum absolute atomic E-state index is 0.564. The summed E-state index contributed by atoms with van der Waals surface area (Å²) in [5.74, 6) is 0.721. The van der Waals surface area contributed by atoms with E-state index in [1.807, 2.05) is 11.3 Å². The van der Waals surface area contributed by atoms with Gasteiger partial charge in [-0.2, -0.15) is 0 Å². The average Bonchev–Trinajstić information content (AvgIpc) is 2.81. The molecule has 2 atom stereocenters. The summed E-state index contributed by atoms with van der Waals surface area (Å²) in [6.07, 6.45) is 5.11. The van der Waals surface area contributed by atoms with Gasteiger partial charge in [0, 0.05) is 23.4 Å². The highest BCUT2D eigenvalue weighted by Crippen LogP contribution is 2.39. The fourth-order valence-electron chi connectivity index (χ4n) is 3.56. The van der Waals surface area contributed by atoms with E-state index < -0.39 is 0 Å². The van der Waals surface area contributed by atoms with Gasteiger partial charge in [-0.1, -0.05) is 24.3 Å². The molecule has 0 saturated heterocycles. The second-order valence-corrected chi connectivity index (χ2v) is 8.40. The molecule has 2 aliphatic carbocycles. The number of fused-ring (bicyclic) bond motifs is 2. The van der Waals surface area contributed by atoms with Crippen molar-refractivity contribution in [3.05, 3.63) is 55.7 Å². The third-order valence-corrected chi connectivity index (χ3v) is 6.37. The Morgan fingerprint density at radius 2 is 2.15 bits per heavy atom. The van der Waals surface area contributed by atoms with Crippen molar-refractivity contribution in [2.75, 3.05) is 6.54 Å². The van der Waals surface area contributed by atoms with Gasteiger partial charge in [0.15, 0.2) is 0 Å². The Morgan fingerprint density at radius 3 is 3.05 bits per heavy atom. The van der Waals surface area contributed by atoms with E-state index in [0.717, 1.165) is 12.5 Å². The number of benzene rings is 1. The average molecular weight is 348 g/mol. The first-order valence-corrected chi connectivity index (χ1v) is 9.01. The number of hydrogen-bond donors (Lipinski definition) is 1. The van der Waals surface area contributed by atoms with Crippen molar-refractivity contribution in [2.24, 2.45) is 0 Å². The van der Waals surface area contributed by atoms with Crippen LogP contribution in [0.2, 0.25) is 0 Å². The lowest BCUT2D eigenvalue weighted by Crippen LogP contribution is -2.32. The van der Waals surface area contributed by atoms with Gasteiger partial charge in [-0.3, -0.25) is 0 Å². The SMILES string of the molecule is Brc1cc2c(s1)CCCC2NCC1Cc2ccccc21. The maximum Gasteiger partial charge on any atom is 0.0704 e. The molecule has 0 amide bonds. The molecule has 2 aliphatic rings. The third-order valence-electron chi connectivity index (χ3n) is 4.66. The summed E-state index contributed by atoms with van der Waals surface area (Å²) in [7, 11) is 0. The van der Waals surface area contributed by atoms with Crippen molar-refractivity contribution in [3.63, 3.8) is 0 Å². The maximum atomic E-state index is 3.82. The molecule has 0 aliphatic heterocycles. The van der Waals surface area contributed by atoms with Crippen LogP contribution in [0.25, 0.3) is 0 Å². The molecule has 0 fully saturated rings. The van der Waals surface area contributed by atoms with Crippen LogP contribution in [0.1, 0.15) is 46.4 Å². The fraction of sp³-hybridized carbons (Fsp3) is 0.412. The molecule has 1 N–H and O–H groups in total. The molecule has 0 saturated carbocycles. The van der Waals surface area contributed by atoms with Crippen molar-refractivity contribution in [3.8, 4) is 0 Å². The van der Waals surface area contributed by atoms with E-state index in [2.05, 4.69) is 51.6 Å². The number of rotatable bonds is 3. The van der Waals surface area contributed by atoms with Crippen molar-refractivity contribution in [1.82, 2.24) is 5.32 Å². The van der Waals surface area contributed by atoms with Crippen LogP contribution < -0.4 is 5.32 Å². The van der Waals surface area contributed by atoms with Crippen LogP contribution in [-0.4, -0.2) is 6.54 Å². The van der Waals surface area contributed by atoms with E-state index in [-0.39, 0.29) is 0 Å². The molecular formula is C17H18BrNS. The van der Waals surface area contributed by atoms with Gasteiger partial charge < -0.3 is 5.32 Å². The number of hydrogen-bond acceptors (Lipinski definition) is 2. The van der Waals surface area contributed by atoms with Crippen molar-refractivity contribution >= 4 is 27.3 Å². The highest BCUT2D eigenvalue weighted by Gasteiger charge is 2.28. The van der Waals surface area contributed by atoms with E-state index in [1.165, 1.54) is 29.5 Å². The number of thiophene rings is 1. The first kappa shape index (κ1) is 13.1. The number of nitrogens with one attached hydrogen (secondary N) is 1. The fourth-order valence-corrected chi connectivity index (χ4v) is 5.38. The summed E-state index contributed by atoms with van der Waals surface area (Å²) in [5.41, 5.74) is 4.64. The number of aryl methyl sites for hydroxylation is 1. The van der Waals surface area contributed by atoms with Crippen molar-refractivity contribution in [2.45, 2.75) is 37.6 Å². The third kappa shape index (κ3) is 2.26. The normalized spacial score (nSPS) is 23.9. The Balaban J connectivity index is 1.44. The van der Waals surface area contributed by atoms with Gasteiger partial charge in [-0.25, -0.2) is 0 Å². The van der Waals surface area contributed by atoms with Crippen LogP contribution in [0.3, 0.4) is 0 Å². The second-order valence-electron chi connectivity index (χ2n) is 5.88. The lowest BCUT2D eigenvalue weighted by atomic mass is 9.77. The highest BCUT2D eigenvalue weighted by atomic mass is 79.9. The summed E-state index contributed by atoms with van der Waals surface area (Å²) < 4.78 is 1.28. The second kappa shape index (κ2) is 5.28. The quantitative estimate of drug-likeness (QED) is 0.839. The Bertz CT molecular complexity index is 634. The molecule has 2 unspecified atom stereocenters. The molecule has 1 aromatic heterocycles. The van der Waals surface area contributed by atoms with Crippen LogP contribution in [0.15, 0.2) is 34.1 Å². The van der Waals surface area contributed by atoms with Crippen LogP contribution in [0, 0.1) is 0 Å². The van der Waals surface area contributed by atoms with Gasteiger partial charge in [-0.05, 0) is 64.4 Å². The van der Waals surface area contributed by atoms with Gasteiger partial charge in [-0.15, -0.1) is 11.3 Å². The molecular weight excluding hydrogens is 330 g/mol. The van der Waals surface area contributed by atoms with Crippen LogP contribution in [-0.2, 0) is 12.8 Å². The molecule has 104 valence electrons. The zero-order valence-corrected chi connectivity index (χ0v) is 13.8. The van der Waals surface area contributed by atoms with E-state index >= 15 is 0 Å². The Hall–Kier alpha value is -0.640. The van der Waals surface area contributed by atoms with Gasteiger partial charge in [0.25, 0.3) is 0 Å². The Kier molecular flexibility index (Phi) is 3.45. The van der Waals surface area contributed by atoms with Crippen LogP contribution >= 0.6 is 27.3 Å². The summed E-state index contributed by atoms with van der Waals surface area (Å²) >= 11 is 5.55. The highest BCUT2D eigenvalue weighted by molar-refractivity contribution is 9.11. The molecule has 1 nitrogen and oxygen atoms in total. The maximum absolute atomic E-state index is 3.82. The molecule has 3 heteroatoms. The van der Waals surface area contributed by atoms with Crippen LogP contribution in [0.5, 0.6) is 0 Å². The standard InChI is InChI=1S/C17H18BrNS/c18-17-9-14-15(6-3-7-16(14)20-17)19-10-12-8-11-4-1-2-5-13(11)12/h1-2,4-5,9,12,15,19H,3,6-8,10H2. The Morgan fingerprint density at radius 1 is 1.25 bits per heavy atom. The zero-order chi connectivity index (χ0) is 13.5. The van der Waals surface area contributed by atoms with Crippen LogP contribution in [0.4, 0.5) is 0 Å². The van der Waals surface area contributed by atoms with E-state index in [0.29, 0.717) is 6.04 Å². The van der Waals surface area contributed by atoms with E-state index in [9.17, 15) is 0 Å².